The van der Waals surface area contributed by atoms with E-state index < -0.39 is 0 Å². The van der Waals surface area contributed by atoms with Gasteiger partial charge in [-0.15, -0.1) is 11.3 Å². The molecule has 0 unspecified atom stereocenters. The van der Waals surface area contributed by atoms with Gasteiger partial charge in [-0.05, 0) is 48.6 Å². The van der Waals surface area contributed by atoms with Gasteiger partial charge in [0.05, 0.1) is 4.88 Å². The quantitative estimate of drug-likeness (QED) is 0.705. The van der Waals surface area contributed by atoms with E-state index in [9.17, 15) is 4.79 Å². The summed E-state index contributed by atoms with van der Waals surface area (Å²) in [5.74, 6) is 0.649. The molecule has 5 heteroatoms. The van der Waals surface area contributed by atoms with Crippen molar-refractivity contribution in [3.05, 3.63) is 57.4 Å². The minimum absolute atomic E-state index is 0.168. The van der Waals surface area contributed by atoms with Crippen LogP contribution < -0.4 is 0 Å². The van der Waals surface area contributed by atoms with Gasteiger partial charge in [-0.2, -0.15) is 0 Å². The van der Waals surface area contributed by atoms with Crippen LogP contribution in [-0.4, -0.2) is 28.9 Å². The van der Waals surface area contributed by atoms with Crippen molar-refractivity contribution in [2.24, 2.45) is 0 Å². The highest BCUT2D eigenvalue weighted by Crippen LogP contribution is 2.31. The normalized spacial score (nSPS) is 16.1. The third-order valence-electron chi connectivity index (χ3n) is 4.56. The van der Waals surface area contributed by atoms with E-state index in [0.29, 0.717) is 5.92 Å². The lowest BCUT2D eigenvalue weighted by molar-refractivity contribution is 0.0717. The van der Waals surface area contributed by atoms with Crippen molar-refractivity contribution >= 4 is 39.7 Å². The maximum Gasteiger partial charge on any atom is 0.263 e. The average molecular weight is 345 g/mol. The van der Waals surface area contributed by atoms with Crippen molar-refractivity contribution in [2.45, 2.75) is 18.8 Å². The van der Waals surface area contributed by atoms with Gasteiger partial charge < -0.3 is 9.88 Å². The molecule has 3 aromatic rings. The zero-order valence-electron chi connectivity index (χ0n) is 12.6. The molecule has 1 fully saturated rings. The second-order valence-electron chi connectivity index (χ2n) is 6.00. The van der Waals surface area contributed by atoms with E-state index in [2.05, 4.69) is 11.1 Å². The Morgan fingerprint density at radius 2 is 2.04 bits per heavy atom. The van der Waals surface area contributed by atoms with Crippen molar-refractivity contribution in [2.75, 3.05) is 13.1 Å². The van der Waals surface area contributed by atoms with Crippen LogP contribution in [0.1, 0.15) is 34.1 Å². The first-order chi connectivity index (χ1) is 11.2. The van der Waals surface area contributed by atoms with Gasteiger partial charge in [0.2, 0.25) is 0 Å². The highest BCUT2D eigenvalue weighted by atomic mass is 35.5. The number of aromatic amines is 1. The number of fused-ring (bicyclic) bond motifs is 1. The Morgan fingerprint density at radius 3 is 2.78 bits per heavy atom. The second-order valence-corrected chi connectivity index (χ2v) is 7.38. The molecule has 1 aliphatic rings. The summed E-state index contributed by atoms with van der Waals surface area (Å²) in [7, 11) is 0. The highest BCUT2D eigenvalue weighted by molar-refractivity contribution is 7.12. The SMILES string of the molecule is O=C(c1cccs1)N1CCC(c2cc3cc(Cl)ccc3[nH]2)CC1. The first-order valence-electron chi connectivity index (χ1n) is 7.81. The van der Waals surface area contributed by atoms with E-state index in [1.54, 1.807) is 0 Å². The van der Waals surface area contributed by atoms with Crippen LogP contribution in [0.15, 0.2) is 41.8 Å². The fourth-order valence-corrected chi connectivity index (χ4v) is 4.17. The van der Waals surface area contributed by atoms with Gasteiger partial charge in [0.25, 0.3) is 5.91 Å². The summed E-state index contributed by atoms with van der Waals surface area (Å²) in [6, 6.07) is 12.0. The predicted molar refractivity (Wildman–Crippen MR) is 95.5 cm³/mol. The summed E-state index contributed by atoms with van der Waals surface area (Å²) in [5.41, 5.74) is 2.38. The number of piperidine rings is 1. The number of hydrogen-bond donors (Lipinski definition) is 1. The third-order valence-corrected chi connectivity index (χ3v) is 5.65. The minimum Gasteiger partial charge on any atom is -0.358 e. The minimum atomic E-state index is 0.168. The standard InChI is InChI=1S/C18H17ClN2OS/c19-14-3-4-15-13(10-14)11-16(20-15)12-5-7-21(8-6-12)18(22)17-2-1-9-23-17/h1-4,9-12,20H,5-8H2. The molecule has 118 valence electrons. The van der Waals surface area contributed by atoms with E-state index in [1.165, 1.54) is 17.0 Å². The molecule has 4 rings (SSSR count). The van der Waals surface area contributed by atoms with Gasteiger partial charge in [0, 0.05) is 40.6 Å². The molecule has 0 aliphatic carbocycles. The summed E-state index contributed by atoms with van der Waals surface area (Å²) in [5, 5.41) is 3.87. The van der Waals surface area contributed by atoms with Crippen LogP contribution in [0.25, 0.3) is 10.9 Å². The number of thiophene rings is 1. The van der Waals surface area contributed by atoms with Gasteiger partial charge in [0.15, 0.2) is 0 Å². The number of halogens is 1. The molecule has 1 aromatic carbocycles. The number of rotatable bonds is 2. The van der Waals surface area contributed by atoms with Crippen LogP contribution >= 0.6 is 22.9 Å². The van der Waals surface area contributed by atoms with Crippen LogP contribution in [-0.2, 0) is 0 Å². The zero-order chi connectivity index (χ0) is 15.8. The number of likely N-dealkylation sites (tertiary alicyclic amines) is 1. The Balaban J connectivity index is 1.47. The third kappa shape index (κ3) is 2.89. The average Bonchev–Trinajstić information content (AvgIpc) is 3.23. The molecule has 0 bridgehead atoms. The Bertz CT molecular complexity index is 832. The molecule has 1 saturated heterocycles. The molecule has 0 spiro atoms. The molecule has 2 aromatic heterocycles. The van der Waals surface area contributed by atoms with E-state index in [-0.39, 0.29) is 5.91 Å². The second kappa shape index (κ2) is 6.02. The fourth-order valence-electron chi connectivity index (χ4n) is 3.30. The largest absolute Gasteiger partial charge is 0.358 e. The Morgan fingerprint density at radius 1 is 1.22 bits per heavy atom. The smallest absolute Gasteiger partial charge is 0.263 e. The van der Waals surface area contributed by atoms with Gasteiger partial charge in [-0.3, -0.25) is 4.79 Å². The molecule has 23 heavy (non-hydrogen) atoms. The number of H-pyrrole nitrogens is 1. The van der Waals surface area contributed by atoms with Gasteiger partial charge in [-0.1, -0.05) is 17.7 Å². The van der Waals surface area contributed by atoms with Crippen molar-refractivity contribution in [3.63, 3.8) is 0 Å². The molecule has 1 amide bonds. The number of carbonyl (C=O) groups is 1. The van der Waals surface area contributed by atoms with Gasteiger partial charge in [0.1, 0.15) is 0 Å². The lowest BCUT2D eigenvalue weighted by Crippen LogP contribution is -2.37. The topological polar surface area (TPSA) is 36.1 Å². The number of amides is 1. The first-order valence-corrected chi connectivity index (χ1v) is 9.07. The zero-order valence-corrected chi connectivity index (χ0v) is 14.2. The lowest BCUT2D eigenvalue weighted by Gasteiger charge is -2.31. The van der Waals surface area contributed by atoms with Crippen LogP contribution in [0.2, 0.25) is 5.02 Å². The highest BCUT2D eigenvalue weighted by Gasteiger charge is 2.25. The molecule has 3 heterocycles. The molecule has 1 N–H and O–H groups in total. The van der Waals surface area contributed by atoms with Gasteiger partial charge >= 0.3 is 0 Å². The van der Waals surface area contributed by atoms with Crippen molar-refractivity contribution in [1.29, 1.82) is 0 Å². The Labute approximate surface area is 143 Å². The summed E-state index contributed by atoms with van der Waals surface area (Å²) in [4.78, 5) is 18.7. The summed E-state index contributed by atoms with van der Waals surface area (Å²) in [6.07, 6.45) is 2.00. The van der Waals surface area contributed by atoms with E-state index >= 15 is 0 Å². The molecule has 1 aliphatic heterocycles. The molecular weight excluding hydrogens is 328 g/mol. The van der Waals surface area contributed by atoms with Crippen molar-refractivity contribution in [3.8, 4) is 0 Å². The summed E-state index contributed by atoms with van der Waals surface area (Å²) < 4.78 is 0. The number of carbonyl (C=O) groups excluding carboxylic acids is 1. The number of aromatic nitrogens is 1. The maximum absolute atomic E-state index is 12.4. The Hall–Kier alpha value is -1.78. The van der Waals surface area contributed by atoms with Gasteiger partial charge in [-0.25, -0.2) is 0 Å². The van der Waals surface area contributed by atoms with Crippen LogP contribution in [0.5, 0.6) is 0 Å². The number of nitrogens with one attached hydrogen (secondary N) is 1. The number of benzene rings is 1. The number of nitrogens with zero attached hydrogens (tertiary/aromatic N) is 1. The van der Waals surface area contributed by atoms with Crippen molar-refractivity contribution in [1.82, 2.24) is 9.88 Å². The summed E-state index contributed by atoms with van der Waals surface area (Å²) in [6.45, 7) is 1.63. The van der Waals surface area contributed by atoms with E-state index in [0.717, 1.165) is 46.7 Å². The Kier molecular flexibility index (Phi) is 3.87. The first kappa shape index (κ1) is 14.8. The van der Waals surface area contributed by atoms with Crippen LogP contribution in [0, 0.1) is 0 Å². The lowest BCUT2D eigenvalue weighted by atomic mass is 9.93. The van der Waals surface area contributed by atoms with E-state index in [1.807, 2.05) is 40.6 Å². The molecular formula is C18H17ClN2OS. The maximum atomic E-state index is 12.4. The van der Waals surface area contributed by atoms with Crippen LogP contribution in [0.3, 0.4) is 0 Å². The predicted octanol–water partition coefficient (Wildman–Crippen LogP) is 4.90. The molecule has 3 nitrogen and oxygen atoms in total. The molecule has 0 saturated carbocycles. The number of hydrogen-bond acceptors (Lipinski definition) is 2. The fraction of sp³-hybridized carbons (Fsp3) is 0.278. The van der Waals surface area contributed by atoms with Crippen molar-refractivity contribution < 1.29 is 4.79 Å². The summed E-state index contributed by atoms with van der Waals surface area (Å²) >= 11 is 7.58. The molecule has 0 atom stereocenters. The monoisotopic (exact) mass is 344 g/mol. The van der Waals surface area contributed by atoms with E-state index in [4.69, 9.17) is 11.6 Å². The van der Waals surface area contributed by atoms with Crippen LogP contribution in [0.4, 0.5) is 0 Å². The molecule has 0 radical (unpaired) electrons.